The molecule has 184 valence electrons. The SMILES string of the molecule is O=C(Nc1ccc(N2CCCC2)nc1)c1n[nH]c2ccc(-c3cncc(CN4CCOCC4)c3)cc12. The van der Waals surface area contributed by atoms with E-state index in [0.717, 1.165) is 79.3 Å². The van der Waals surface area contributed by atoms with Crippen LogP contribution in [0.3, 0.4) is 0 Å². The van der Waals surface area contributed by atoms with Crippen LogP contribution in [0.25, 0.3) is 22.0 Å². The Morgan fingerprint density at radius 1 is 0.972 bits per heavy atom. The second-order valence-electron chi connectivity index (χ2n) is 9.36. The lowest BCUT2D eigenvalue weighted by Gasteiger charge is -2.26. The number of aromatic amines is 1. The summed E-state index contributed by atoms with van der Waals surface area (Å²) >= 11 is 0. The number of H-pyrrole nitrogens is 1. The molecule has 2 aliphatic heterocycles. The number of hydrogen-bond acceptors (Lipinski definition) is 7. The van der Waals surface area contributed by atoms with Crippen LogP contribution in [0.2, 0.25) is 0 Å². The molecule has 4 aromatic rings. The van der Waals surface area contributed by atoms with E-state index in [1.54, 1.807) is 6.20 Å². The smallest absolute Gasteiger partial charge is 0.276 e. The number of nitrogens with one attached hydrogen (secondary N) is 2. The average molecular weight is 484 g/mol. The maximum atomic E-state index is 13.1. The van der Waals surface area contributed by atoms with Gasteiger partial charge in [0.1, 0.15) is 5.82 Å². The van der Waals surface area contributed by atoms with E-state index >= 15 is 0 Å². The number of pyridine rings is 2. The Balaban J connectivity index is 1.20. The fraction of sp³-hybridized carbons (Fsp3) is 0.333. The van der Waals surface area contributed by atoms with E-state index in [9.17, 15) is 4.79 Å². The molecule has 3 aromatic heterocycles. The number of fused-ring (bicyclic) bond motifs is 1. The molecule has 6 rings (SSSR count). The molecule has 0 bridgehead atoms. The molecule has 1 aromatic carbocycles. The number of ether oxygens (including phenoxy) is 1. The van der Waals surface area contributed by atoms with Crippen LogP contribution in [-0.4, -0.2) is 70.4 Å². The fourth-order valence-electron chi connectivity index (χ4n) is 4.90. The normalized spacial score (nSPS) is 16.5. The lowest BCUT2D eigenvalue weighted by Crippen LogP contribution is -2.35. The van der Waals surface area contributed by atoms with Gasteiger partial charge in [-0.3, -0.25) is 19.8 Å². The summed E-state index contributed by atoms with van der Waals surface area (Å²) in [7, 11) is 0. The summed E-state index contributed by atoms with van der Waals surface area (Å²) in [5, 5.41) is 11.0. The minimum Gasteiger partial charge on any atom is -0.379 e. The van der Waals surface area contributed by atoms with Crippen LogP contribution in [0, 0.1) is 0 Å². The van der Waals surface area contributed by atoms with Gasteiger partial charge in [-0.15, -0.1) is 0 Å². The first-order valence-corrected chi connectivity index (χ1v) is 12.5. The summed E-state index contributed by atoms with van der Waals surface area (Å²) in [4.78, 5) is 26.7. The van der Waals surface area contributed by atoms with Crippen LogP contribution in [0.4, 0.5) is 11.5 Å². The van der Waals surface area contributed by atoms with Gasteiger partial charge in [-0.1, -0.05) is 6.07 Å². The first-order valence-electron chi connectivity index (χ1n) is 12.5. The van der Waals surface area contributed by atoms with Crippen molar-refractivity contribution >= 4 is 28.3 Å². The molecule has 0 unspecified atom stereocenters. The zero-order chi connectivity index (χ0) is 24.3. The predicted octanol–water partition coefficient (Wildman–Crippen LogP) is 3.70. The summed E-state index contributed by atoms with van der Waals surface area (Å²) < 4.78 is 5.45. The molecule has 9 nitrogen and oxygen atoms in total. The number of aromatic nitrogens is 4. The van der Waals surface area contributed by atoms with Crippen molar-refractivity contribution in [1.82, 2.24) is 25.1 Å². The standard InChI is InChI=1S/C27H29N7O2/c35-27(30-22-4-6-25(29-17-22)34-7-1-2-8-34)26-23-14-20(3-5-24(23)31-32-26)21-13-19(15-28-16-21)18-33-9-11-36-12-10-33/h3-6,13-17H,1-2,7-12,18H2,(H,30,35)(H,31,32). The molecule has 1 amide bonds. The van der Waals surface area contributed by atoms with Crippen LogP contribution in [-0.2, 0) is 11.3 Å². The number of benzene rings is 1. The van der Waals surface area contributed by atoms with Gasteiger partial charge >= 0.3 is 0 Å². The van der Waals surface area contributed by atoms with E-state index in [1.165, 1.54) is 12.8 Å². The highest BCUT2D eigenvalue weighted by Gasteiger charge is 2.17. The third-order valence-electron chi connectivity index (χ3n) is 6.85. The maximum Gasteiger partial charge on any atom is 0.276 e. The van der Waals surface area contributed by atoms with Gasteiger partial charge in [0.05, 0.1) is 30.6 Å². The van der Waals surface area contributed by atoms with Gasteiger partial charge in [0.15, 0.2) is 5.69 Å². The maximum absolute atomic E-state index is 13.1. The molecule has 5 heterocycles. The highest BCUT2D eigenvalue weighted by molar-refractivity contribution is 6.11. The van der Waals surface area contributed by atoms with Crippen LogP contribution in [0.1, 0.15) is 28.9 Å². The average Bonchev–Trinajstić information content (AvgIpc) is 3.60. The third kappa shape index (κ3) is 4.80. The second kappa shape index (κ2) is 10.0. The van der Waals surface area contributed by atoms with Gasteiger partial charge in [0.2, 0.25) is 0 Å². The Morgan fingerprint density at radius 3 is 2.64 bits per heavy atom. The van der Waals surface area contributed by atoms with E-state index in [2.05, 4.69) is 41.3 Å². The Morgan fingerprint density at radius 2 is 1.83 bits per heavy atom. The molecule has 0 spiro atoms. The summed E-state index contributed by atoms with van der Waals surface area (Å²) in [6, 6.07) is 12.0. The number of amides is 1. The molecule has 2 saturated heterocycles. The van der Waals surface area contributed by atoms with Crippen molar-refractivity contribution in [3.63, 3.8) is 0 Å². The lowest BCUT2D eigenvalue weighted by molar-refractivity contribution is 0.0341. The van der Waals surface area contributed by atoms with Gasteiger partial charge < -0.3 is 15.0 Å². The molecule has 36 heavy (non-hydrogen) atoms. The van der Waals surface area contributed by atoms with E-state index < -0.39 is 0 Å². The minimum atomic E-state index is -0.270. The molecule has 0 aliphatic carbocycles. The first kappa shape index (κ1) is 22.6. The van der Waals surface area contributed by atoms with Crippen molar-refractivity contribution in [2.24, 2.45) is 0 Å². The first-order chi connectivity index (χ1) is 17.7. The molecule has 2 N–H and O–H groups in total. The summed E-state index contributed by atoms with van der Waals surface area (Å²) in [6.07, 6.45) is 7.87. The highest BCUT2D eigenvalue weighted by atomic mass is 16.5. The third-order valence-corrected chi connectivity index (χ3v) is 6.85. The Labute approximate surface area is 209 Å². The van der Waals surface area contributed by atoms with Gasteiger partial charge in [-0.05, 0) is 54.3 Å². The number of nitrogens with zero attached hydrogens (tertiary/aromatic N) is 5. The Hall–Kier alpha value is -3.82. The molecular formula is C27H29N7O2. The summed E-state index contributed by atoms with van der Waals surface area (Å²) in [5.41, 5.74) is 4.97. The number of anilines is 2. The fourth-order valence-corrected chi connectivity index (χ4v) is 4.90. The Kier molecular flexibility index (Phi) is 6.31. The monoisotopic (exact) mass is 483 g/mol. The number of morpholine rings is 1. The van der Waals surface area contributed by atoms with Gasteiger partial charge in [0.25, 0.3) is 5.91 Å². The minimum absolute atomic E-state index is 0.270. The quantitative estimate of drug-likeness (QED) is 0.431. The van der Waals surface area contributed by atoms with Crippen molar-refractivity contribution in [1.29, 1.82) is 0 Å². The van der Waals surface area contributed by atoms with Gasteiger partial charge in [-0.25, -0.2) is 4.98 Å². The highest BCUT2D eigenvalue weighted by Crippen LogP contribution is 2.27. The summed E-state index contributed by atoms with van der Waals surface area (Å²) in [5.74, 6) is 0.679. The molecule has 2 fully saturated rings. The van der Waals surface area contributed by atoms with Crippen LogP contribution in [0.15, 0.2) is 55.0 Å². The van der Waals surface area contributed by atoms with E-state index in [4.69, 9.17) is 4.74 Å². The van der Waals surface area contributed by atoms with Crippen molar-refractivity contribution in [2.45, 2.75) is 19.4 Å². The van der Waals surface area contributed by atoms with Crippen LogP contribution < -0.4 is 10.2 Å². The zero-order valence-electron chi connectivity index (χ0n) is 20.1. The van der Waals surface area contributed by atoms with Crippen molar-refractivity contribution in [2.75, 3.05) is 49.6 Å². The van der Waals surface area contributed by atoms with E-state index in [1.807, 2.05) is 42.7 Å². The Bertz CT molecular complexity index is 1360. The topological polar surface area (TPSA) is 99.3 Å². The van der Waals surface area contributed by atoms with Crippen LogP contribution >= 0.6 is 0 Å². The molecule has 9 heteroatoms. The lowest BCUT2D eigenvalue weighted by atomic mass is 10.0. The molecule has 2 aliphatic rings. The molecule has 0 atom stereocenters. The molecule has 0 radical (unpaired) electrons. The van der Waals surface area contributed by atoms with Crippen molar-refractivity contribution in [3.05, 3.63) is 66.2 Å². The molecular weight excluding hydrogens is 454 g/mol. The van der Waals surface area contributed by atoms with Crippen molar-refractivity contribution in [3.8, 4) is 11.1 Å². The van der Waals surface area contributed by atoms with Gasteiger partial charge in [0, 0.05) is 56.1 Å². The number of carbonyl (C=O) groups excluding carboxylic acids is 1. The van der Waals surface area contributed by atoms with Crippen LogP contribution in [0.5, 0.6) is 0 Å². The number of rotatable bonds is 6. The zero-order valence-corrected chi connectivity index (χ0v) is 20.1. The second-order valence-corrected chi connectivity index (χ2v) is 9.36. The van der Waals surface area contributed by atoms with E-state index in [-0.39, 0.29) is 5.91 Å². The van der Waals surface area contributed by atoms with E-state index in [0.29, 0.717) is 11.4 Å². The largest absolute Gasteiger partial charge is 0.379 e. The number of hydrogen-bond donors (Lipinski definition) is 2. The number of carbonyl (C=O) groups is 1. The summed E-state index contributed by atoms with van der Waals surface area (Å²) in [6.45, 7) is 6.32. The van der Waals surface area contributed by atoms with Gasteiger partial charge in [-0.2, -0.15) is 5.10 Å². The molecule has 0 saturated carbocycles. The van der Waals surface area contributed by atoms with Crippen molar-refractivity contribution < 1.29 is 9.53 Å². The predicted molar refractivity (Wildman–Crippen MR) is 139 cm³/mol.